The number of ether oxygens (including phenoxy) is 7. The number of rotatable bonds is 10. The number of methoxy groups -OCH3 is 1. The molecule has 0 aliphatic carbocycles. The molecular formula is C48H52N6O9S. The van der Waals surface area contributed by atoms with Crippen LogP contribution in [0.1, 0.15) is 27.3 Å². The van der Waals surface area contributed by atoms with Crippen molar-refractivity contribution in [3.63, 3.8) is 0 Å². The summed E-state index contributed by atoms with van der Waals surface area (Å²) in [6, 6.07) is 18.9. The van der Waals surface area contributed by atoms with E-state index in [4.69, 9.17) is 43.1 Å². The van der Waals surface area contributed by atoms with E-state index < -0.39 is 12.1 Å². The van der Waals surface area contributed by atoms with Crippen molar-refractivity contribution in [3.05, 3.63) is 100 Å². The third-order valence-corrected chi connectivity index (χ3v) is 12.9. The fraction of sp³-hybridized carbons (Fsp3) is 0.396. The van der Waals surface area contributed by atoms with Crippen molar-refractivity contribution < 1.29 is 43.1 Å². The zero-order valence-electron chi connectivity index (χ0n) is 36.5. The van der Waals surface area contributed by atoms with Crippen LogP contribution in [-0.2, 0) is 33.7 Å². The molecule has 7 heterocycles. The number of carboxylic acid groups (broad SMARTS) is 1. The second-order valence-corrected chi connectivity index (χ2v) is 17.5. The van der Waals surface area contributed by atoms with Gasteiger partial charge in [-0.15, -0.1) is 11.3 Å². The standard InChI is InChI=1S/C48H52N6O9S/c1-29-19-34-20-30(2)42(29)43-41(23-35-26-58-17-18-59-35)64-47-44(43)46(50-28-51-47)63-40(48(55)56)22-31-21-33(60-27-36(62-34)24-54-15-13-53(3)14-16-54)9-10-38(31)61-25-32-11-12-49-45(52-32)37-7-5-6-8-39(37)57-4/h5-12,19-21,28,35-36,40H,13-18,22-27H2,1-4H3,(H,55,56)/t35-,36?,40?/m0/s1. The first kappa shape index (κ1) is 43.3. The van der Waals surface area contributed by atoms with Crippen molar-refractivity contribution in [1.82, 2.24) is 29.7 Å². The normalized spacial score (nSPS) is 19.6. The maximum Gasteiger partial charge on any atom is 0.345 e. The predicted molar refractivity (Wildman–Crippen MR) is 241 cm³/mol. The molecular weight excluding hydrogens is 837 g/mol. The van der Waals surface area contributed by atoms with Crippen molar-refractivity contribution in [2.75, 3.05) is 73.3 Å². The smallest absolute Gasteiger partial charge is 0.345 e. The Balaban J connectivity index is 1.11. The minimum atomic E-state index is -1.37. The first-order valence-corrected chi connectivity index (χ1v) is 22.4. The Bertz CT molecular complexity index is 2590. The highest BCUT2D eigenvalue weighted by Crippen LogP contribution is 2.46. The molecule has 10 rings (SSSR count). The Morgan fingerprint density at radius 1 is 0.891 bits per heavy atom. The third-order valence-electron chi connectivity index (χ3n) is 11.8. The van der Waals surface area contributed by atoms with E-state index in [0.717, 1.165) is 64.6 Å². The number of likely N-dealkylation sites (N-methyl/N-ethyl adjacent to an activating group) is 1. The number of thiophene rings is 1. The lowest BCUT2D eigenvalue weighted by Crippen LogP contribution is -2.49. The highest BCUT2D eigenvalue weighted by atomic mass is 32.1. The Kier molecular flexibility index (Phi) is 13.2. The van der Waals surface area contributed by atoms with Gasteiger partial charge in [0.05, 0.1) is 49.7 Å². The average molecular weight is 889 g/mol. The maximum absolute atomic E-state index is 13.3. The number of aliphatic carboxylic acids is 1. The second-order valence-electron chi connectivity index (χ2n) is 16.4. The van der Waals surface area contributed by atoms with Gasteiger partial charge < -0.3 is 43.2 Å². The molecule has 3 aromatic heterocycles. The zero-order valence-corrected chi connectivity index (χ0v) is 37.3. The summed E-state index contributed by atoms with van der Waals surface area (Å²) >= 11 is 1.53. The number of fused-ring (bicyclic) bond motifs is 7. The van der Waals surface area contributed by atoms with Crippen LogP contribution in [0.2, 0.25) is 0 Å². The third kappa shape index (κ3) is 9.76. The molecule has 6 aromatic rings. The van der Waals surface area contributed by atoms with E-state index in [2.05, 4.69) is 52.8 Å². The molecule has 2 unspecified atom stereocenters. The van der Waals surface area contributed by atoms with Crippen molar-refractivity contribution in [1.29, 1.82) is 0 Å². The van der Waals surface area contributed by atoms with E-state index >= 15 is 0 Å². The van der Waals surface area contributed by atoms with Gasteiger partial charge in [-0.25, -0.2) is 24.7 Å². The quantitative estimate of drug-likeness (QED) is 0.160. The van der Waals surface area contributed by atoms with Crippen molar-refractivity contribution in [2.45, 2.75) is 51.6 Å². The van der Waals surface area contributed by atoms with E-state index in [-0.39, 0.29) is 37.7 Å². The van der Waals surface area contributed by atoms with Gasteiger partial charge in [0.15, 0.2) is 5.82 Å². The minimum absolute atomic E-state index is 0.0727. The van der Waals surface area contributed by atoms with E-state index in [1.807, 2.05) is 36.4 Å². The molecule has 334 valence electrons. The van der Waals surface area contributed by atoms with Gasteiger partial charge in [-0.2, -0.15) is 0 Å². The van der Waals surface area contributed by atoms with Crippen LogP contribution in [0, 0.1) is 13.8 Å². The van der Waals surface area contributed by atoms with Gasteiger partial charge in [0.1, 0.15) is 53.5 Å². The number of aromatic nitrogens is 4. The van der Waals surface area contributed by atoms with Crippen LogP contribution in [0.3, 0.4) is 0 Å². The van der Waals surface area contributed by atoms with E-state index in [1.54, 1.807) is 25.4 Å². The predicted octanol–water partition coefficient (Wildman–Crippen LogP) is 6.44. The van der Waals surface area contributed by atoms with Crippen LogP contribution in [0.15, 0.2) is 73.2 Å². The number of piperazine rings is 1. The molecule has 3 atom stereocenters. The van der Waals surface area contributed by atoms with Gasteiger partial charge >= 0.3 is 5.97 Å². The van der Waals surface area contributed by atoms with Gasteiger partial charge in [0.2, 0.25) is 12.0 Å². The Hall–Kier alpha value is -5.91. The van der Waals surface area contributed by atoms with E-state index in [9.17, 15) is 9.90 Å². The molecule has 4 aliphatic heterocycles. The lowest BCUT2D eigenvalue weighted by Gasteiger charge is -2.34. The zero-order chi connectivity index (χ0) is 44.2. The minimum Gasteiger partial charge on any atom is -0.496 e. The van der Waals surface area contributed by atoms with Gasteiger partial charge in [-0.3, -0.25) is 4.90 Å². The van der Waals surface area contributed by atoms with E-state index in [1.165, 1.54) is 17.7 Å². The molecule has 2 fully saturated rings. The van der Waals surface area contributed by atoms with Gasteiger partial charge in [0.25, 0.3) is 0 Å². The molecule has 0 saturated carbocycles. The van der Waals surface area contributed by atoms with Crippen LogP contribution < -0.4 is 23.7 Å². The number of carboxylic acids is 1. The van der Waals surface area contributed by atoms with Crippen molar-refractivity contribution in [3.8, 4) is 51.4 Å². The van der Waals surface area contributed by atoms with Crippen molar-refractivity contribution >= 4 is 27.5 Å². The van der Waals surface area contributed by atoms with Crippen molar-refractivity contribution in [2.24, 2.45) is 0 Å². The number of aryl methyl sites for hydroxylation is 2. The molecule has 3 aromatic carbocycles. The lowest BCUT2D eigenvalue weighted by atomic mass is 9.92. The lowest BCUT2D eigenvalue weighted by molar-refractivity contribution is -0.145. The summed E-state index contributed by atoms with van der Waals surface area (Å²) in [5.74, 6) is 1.87. The molecule has 4 aliphatic rings. The van der Waals surface area contributed by atoms with Crippen LogP contribution >= 0.6 is 11.3 Å². The maximum atomic E-state index is 13.3. The number of carbonyl (C=O) groups is 1. The summed E-state index contributed by atoms with van der Waals surface area (Å²) in [6.07, 6.45) is 1.74. The Labute approximate surface area is 375 Å². The number of benzene rings is 3. The summed E-state index contributed by atoms with van der Waals surface area (Å²) < 4.78 is 43.9. The molecule has 15 nitrogen and oxygen atoms in total. The molecule has 4 bridgehead atoms. The monoisotopic (exact) mass is 888 g/mol. The summed E-state index contributed by atoms with van der Waals surface area (Å²) in [7, 11) is 3.75. The second kappa shape index (κ2) is 19.5. The molecule has 16 heteroatoms. The molecule has 0 spiro atoms. The van der Waals surface area contributed by atoms with Gasteiger partial charge in [-0.05, 0) is 86.1 Å². The van der Waals surface area contributed by atoms with Crippen LogP contribution in [0.5, 0.6) is 28.9 Å². The van der Waals surface area contributed by atoms with Crippen LogP contribution in [0.4, 0.5) is 0 Å². The topological polar surface area (TPSA) is 160 Å². The Morgan fingerprint density at radius 3 is 2.50 bits per heavy atom. The van der Waals surface area contributed by atoms with Crippen LogP contribution in [0.25, 0.3) is 32.7 Å². The molecule has 1 N–H and O–H groups in total. The summed E-state index contributed by atoms with van der Waals surface area (Å²) in [5.41, 5.74) is 5.77. The molecule has 64 heavy (non-hydrogen) atoms. The summed E-state index contributed by atoms with van der Waals surface area (Å²) in [6.45, 7) is 10.4. The van der Waals surface area contributed by atoms with E-state index in [0.29, 0.717) is 77.3 Å². The van der Waals surface area contributed by atoms with Crippen LogP contribution in [-0.4, -0.2) is 132 Å². The number of hydrogen-bond acceptors (Lipinski definition) is 15. The summed E-state index contributed by atoms with van der Waals surface area (Å²) in [4.78, 5) is 38.3. The first-order chi connectivity index (χ1) is 31.2. The number of para-hydroxylation sites is 1. The Morgan fingerprint density at radius 2 is 1.72 bits per heavy atom. The number of nitrogens with zero attached hydrogens (tertiary/aromatic N) is 6. The fourth-order valence-corrected chi connectivity index (χ4v) is 9.77. The first-order valence-electron chi connectivity index (χ1n) is 21.6. The van der Waals surface area contributed by atoms with Gasteiger partial charge in [-0.1, -0.05) is 12.1 Å². The largest absolute Gasteiger partial charge is 0.496 e. The fourth-order valence-electron chi connectivity index (χ4n) is 8.57. The highest BCUT2D eigenvalue weighted by molar-refractivity contribution is 7.19. The highest BCUT2D eigenvalue weighted by Gasteiger charge is 2.30. The van der Waals surface area contributed by atoms with Gasteiger partial charge in [0, 0.05) is 67.8 Å². The summed E-state index contributed by atoms with van der Waals surface area (Å²) in [5, 5.41) is 11.5. The SMILES string of the molecule is COc1ccccc1-c1nccc(COc2ccc3cc2CC(C(=O)O)Oc2ncnc4sc(C[C@H]5COCCO5)c(c24)-c2c(C)cc(cc2C)OC(CN2CCN(C)CC2)CO3)n1. The molecule has 0 radical (unpaired) electrons. The number of hydrogen-bond donors (Lipinski definition) is 1. The molecule has 2 saturated heterocycles. The average Bonchev–Trinajstić information content (AvgIpc) is 3.66. The molecule has 0 amide bonds.